The molecule has 2 fully saturated rings. The van der Waals surface area contributed by atoms with Gasteiger partial charge in [0.25, 0.3) is 5.91 Å². The predicted octanol–water partition coefficient (Wildman–Crippen LogP) is 2.54. The first-order valence-corrected chi connectivity index (χ1v) is 13.3. The fourth-order valence-electron chi connectivity index (χ4n) is 8.35. The van der Waals surface area contributed by atoms with Crippen LogP contribution in [0.2, 0.25) is 0 Å². The van der Waals surface area contributed by atoms with Crippen LogP contribution in [-0.2, 0) is 22.6 Å². The summed E-state index contributed by atoms with van der Waals surface area (Å²) in [7, 11) is 0. The van der Waals surface area contributed by atoms with Gasteiger partial charge in [-0.1, -0.05) is 27.7 Å². The van der Waals surface area contributed by atoms with E-state index in [-0.39, 0.29) is 36.1 Å². The zero-order chi connectivity index (χ0) is 27.9. The van der Waals surface area contributed by atoms with Crippen molar-refractivity contribution >= 4 is 17.8 Å². The van der Waals surface area contributed by atoms with Crippen LogP contribution in [0.3, 0.4) is 0 Å². The predicted molar refractivity (Wildman–Crippen MR) is 134 cm³/mol. The third-order valence-corrected chi connectivity index (χ3v) is 10.4. The molecular formula is C28H37NO9. The van der Waals surface area contributed by atoms with Crippen molar-refractivity contribution in [1.82, 2.24) is 4.90 Å². The van der Waals surface area contributed by atoms with E-state index in [9.17, 15) is 34.8 Å². The molecule has 4 aliphatic rings. The number of nitrogens with zero attached hydrogens (tertiary/aromatic N) is 1. The Kier molecular flexibility index (Phi) is 6.04. The van der Waals surface area contributed by atoms with Crippen molar-refractivity contribution in [3.8, 4) is 11.5 Å². The number of carboxylic acid groups (broad SMARTS) is 2. The van der Waals surface area contributed by atoms with Crippen LogP contribution in [0.25, 0.3) is 0 Å². The zero-order valence-electron chi connectivity index (χ0n) is 22.2. The molecule has 0 bridgehead atoms. The van der Waals surface area contributed by atoms with Crippen LogP contribution in [0.4, 0.5) is 0 Å². The molecule has 1 aromatic rings. The zero-order valence-corrected chi connectivity index (χ0v) is 22.2. The van der Waals surface area contributed by atoms with E-state index in [2.05, 4.69) is 13.8 Å². The van der Waals surface area contributed by atoms with E-state index in [4.69, 9.17) is 9.84 Å². The number of hydrogen-bond acceptors (Lipinski definition) is 7. The second-order valence-corrected chi connectivity index (χ2v) is 12.6. The minimum absolute atomic E-state index is 0.0274. The van der Waals surface area contributed by atoms with Crippen molar-refractivity contribution in [1.29, 1.82) is 0 Å². The van der Waals surface area contributed by atoms with E-state index in [0.717, 1.165) is 17.7 Å². The Morgan fingerprint density at radius 1 is 1.16 bits per heavy atom. The lowest BCUT2D eigenvalue weighted by molar-refractivity contribution is -0.240. The van der Waals surface area contributed by atoms with Crippen molar-refractivity contribution < 1.29 is 44.7 Å². The normalized spacial score (nSPS) is 35.8. The number of aliphatic hydroxyl groups is 2. The summed E-state index contributed by atoms with van der Waals surface area (Å²) in [6, 6.07) is 0.0385. The third-order valence-electron chi connectivity index (χ3n) is 10.4. The summed E-state index contributed by atoms with van der Waals surface area (Å²) in [5, 5.41) is 51.7. The number of aromatic hydroxyl groups is 1. The number of fused-ring (bicyclic) bond motifs is 5. The highest BCUT2D eigenvalue weighted by atomic mass is 16.5. The Balaban J connectivity index is 1.56. The smallest absolute Gasteiger partial charge is 0.326 e. The maximum atomic E-state index is 13.3. The first kappa shape index (κ1) is 26.7. The molecule has 1 amide bonds. The molecule has 0 unspecified atom stereocenters. The summed E-state index contributed by atoms with van der Waals surface area (Å²) in [5.41, 5.74) is -0.733. The number of aliphatic carboxylic acids is 2. The molecule has 10 nitrogen and oxygen atoms in total. The molecule has 0 saturated heterocycles. The van der Waals surface area contributed by atoms with E-state index >= 15 is 0 Å². The lowest BCUT2D eigenvalue weighted by Gasteiger charge is -2.64. The minimum Gasteiger partial charge on any atom is -0.508 e. The molecule has 2 aliphatic heterocycles. The summed E-state index contributed by atoms with van der Waals surface area (Å²) in [6.45, 7) is 8.08. The molecular weight excluding hydrogens is 494 g/mol. The quantitative estimate of drug-likeness (QED) is 0.384. The van der Waals surface area contributed by atoms with Crippen molar-refractivity contribution in [2.45, 2.75) is 96.6 Å². The number of ether oxygens (including phenoxy) is 1. The molecule has 7 atom stereocenters. The number of carbonyl (C=O) groups excluding carboxylic acids is 1. The average Bonchev–Trinajstić information content (AvgIpc) is 3.37. The van der Waals surface area contributed by atoms with Crippen LogP contribution in [0, 0.1) is 22.7 Å². The van der Waals surface area contributed by atoms with Crippen LogP contribution in [0.1, 0.15) is 81.3 Å². The molecule has 2 heterocycles. The van der Waals surface area contributed by atoms with Crippen LogP contribution < -0.4 is 4.74 Å². The number of amides is 1. The largest absolute Gasteiger partial charge is 0.508 e. The van der Waals surface area contributed by atoms with E-state index in [1.54, 1.807) is 0 Å². The second-order valence-electron chi connectivity index (χ2n) is 12.6. The highest BCUT2D eigenvalue weighted by Gasteiger charge is 2.69. The first-order chi connectivity index (χ1) is 17.7. The number of rotatable bonds is 5. The number of phenolic OH excluding ortho intramolecular Hbond substituents is 1. The SMILES string of the molecule is C[C@@H]1CC[C@@H]2C(C)(C)[C@H](O)[C@H](O)C[C@]2(C)[C@]12Cc1c(O)cc3c(c1O2)CN([C@H](CCC(=O)O)C(=O)O)C3=O. The Bertz CT molecular complexity index is 1210. The summed E-state index contributed by atoms with van der Waals surface area (Å²) in [4.78, 5) is 37.5. The monoisotopic (exact) mass is 531 g/mol. The van der Waals surface area contributed by atoms with Gasteiger partial charge in [-0.3, -0.25) is 9.59 Å². The molecule has 2 saturated carbocycles. The van der Waals surface area contributed by atoms with Crippen molar-refractivity contribution in [2.75, 3.05) is 0 Å². The molecule has 0 radical (unpaired) electrons. The Hall–Kier alpha value is -2.85. The van der Waals surface area contributed by atoms with Gasteiger partial charge in [-0.05, 0) is 49.0 Å². The minimum atomic E-state index is -1.33. The molecule has 10 heteroatoms. The third kappa shape index (κ3) is 3.49. The number of hydrogen-bond donors (Lipinski definition) is 5. The summed E-state index contributed by atoms with van der Waals surface area (Å²) < 4.78 is 6.88. The number of benzene rings is 1. The average molecular weight is 532 g/mol. The standard InChI is InChI=1S/C28H37NO9/c1-13-5-7-20-26(2,3)23(34)19(31)11-27(20,4)28(13)10-15-18(30)9-14-16(22(15)38-28)12-29(24(14)35)17(25(36)37)6-8-21(32)33/h9,13,17,19-20,23,30-31,34H,5-8,10-12H2,1-4H3,(H,32,33)(H,36,37)/t13-,17-,19-,20-,23-,27+,28+/m1/s1. The Morgan fingerprint density at radius 2 is 1.84 bits per heavy atom. The second kappa shape index (κ2) is 8.58. The van der Waals surface area contributed by atoms with Crippen LogP contribution in [-0.4, -0.2) is 72.1 Å². The van der Waals surface area contributed by atoms with Crippen LogP contribution >= 0.6 is 0 Å². The van der Waals surface area contributed by atoms with Crippen LogP contribution in [0.5, 0.6) is 11.5 Å². The fraction of sp³-hybridized carbons (Fsp3) is 0.679. The van der Waals surface area contributed by atoms with E-state index in [1.165, 1.54) is 6.07 Å². The Morgan fingerprint density at radius 3 is 2.47 bits per heavy atom. The van der Waals surface area contributed by atoms with Gasteiger partial charge in [0, 0.05) is 29.4 Å². The van der Waals surface area contributed by atoms with Gasteiger partial charge in [0.2, 0.25) is 0 Å². The maximum absolute atomic E-state index is 13.3. The van der Waals surface area contributed by atoms with E-state index < -0.39 is 58.9 Å². The molecule has 1 spiro atoms. The van der Waals surface area contributed by atoms with Crippen molar-refractivity contribution in [3.63, 3.8) is 0 Å². The topological polar surface area (TPSA) is 165 Å². The van der Waals surface area contributed by atoms with Crippen molar-refractivity contribution in [2.24, 2.45) is 22.7 Å². The maximum Gasteiger partial charge on any atom is 0.326 e. The Labute approximate surface area is 221 Å². The van der Waals surface area contributed by atoms with Gasteiger partial charge in [0.15, 0.2) is 0 Å². The van der Waals surface area contributed by atoms with Gasteiger partial charge in [0.1, 0.15) is 23.1 Å². The van der Waals surface area contributed by atoms with Gasteiger partial charge in [-0.25, -0.2) is 4.79 Å². The molecule has 2 aliphatic carbocycles. The van der Waals surface area contributed by atoms with Gasteiger partial charge in [-0.15, -0.1) is 0 Å². The van der Waals surface area contributed by atoms with E-state index in [1.807, 2.05) is 13.8 Å². The number of carbonyl (C=O) groups is 3. The van der Waals surface area contributed by atoms with Gasteiger partial charge in [0.05, 0.1) is 24.3 Å². The van der Waals surface area contributed by atoms with Gasteiger partial charge < -0.3 is 35.2 Å². The molecule has 5 rings (SSSR count). The number of carboxylic acids is 2. The van der Waals surface area contributed by atoms with Gasteiger partial charge in [-0.2, -0.15) is 0 Å². The highest BCUT2D eigenvalue weighted by Crippen LogP contribution is 2.67. The molecule has 208 valence electrons. The number of phenols is 1. The highest BCUT2D eigenvalue weighted by molar-refractivity contribution is 6.02. The van der Waals surface area contributed by atoms with Crippen molar-refractivity contribution in [3.05, 3.63) is 22.8 Å². The summed E-state index contributed by atoms with van der Waals surface area (Å²) in [6.07, 6.45) is -0.0906. The number of aliphatic hydroxyl groups excluding tert-OH is 2. The van der Waals surface area contributed by atoms with Gasteiger partial charge >= 0.3 is 11.9 Å². The fourth-order valence-corrected chi connectivity index (χ4v) is 8.35. The lowest BCUT2D eigenvalue weighted by atomic mass is 9.43. The lowest BCUT2D eigenvalue weighted by Crippen LogP contribution is -2.69. The molecule has 5 N–H and O–H groups in total. The summed E-state index contributed by atoms with van der Waals surface area (Å²) >= 11 is 0. The van der Waals surface area contributed by atoms with Crippen LogP contribution in [0.15, 0.2) is 6.07 Å². The molecule has 0 aromatic heterocycles. The van der Waals surface area contributed by atoms with E-state index in [0.29, 0.717) is 29.7 Å². The molecule has 1 aromatic carbocycles. The molecule has 38 heavy (non-hydrogen) atoms. The summed E-state index contributed by atoms with van der Waals surface area (Å²) in [5.74, 6) is -2.68. The first-order valence-electron chi connectivity index (χ1n) is 13.3.